The van der Waals surface area contributed by atoms with Gasteiger partial charge in [0.2, 0.25) is 0 Å². The second kappa shape index (κ2) is 4.85. The first kappa shape index (κ1) is 13.6. The first-order valence-electron chi connectivity index (χ1n) is 7.13. The maximum atomic E-state index is 13.1. The predicted octanol–water partition coefficient (Wildman–Crippen LogP) is 2.71. The molecule has 0 saturated carbocycles. The molecule has 1 aromatic rings. The molecule has 108 valence electrons. The summed E-state index contributed by atoms with van der Waals surface area (Å²) in [4.78, 5) is 14.5. The van der Waals surface area contributed by atoms with Crippen LogP contribution in [0.1, 0.15) is 37.2 Å². The molecule has 2 aliphatic rings. The van der Waals surface area contributed by atoms with E-state index in [-0.39, 0.29) is 11.8 Å². The summed E-state index contributed by atoms with van der Waals surface area (Å²) in [5.74, 6) is -0.0416. The highest BCUT2D eigenvalue weighted by molar-refractivity contribution is 5.81. The lowest BCUT2D eigenvalue weighted by molar-refractivity contribution is -0.156. The van der Waals surface area contributed by atoms with Crippen LogP contribution in [0, 0.1) is 5.82 Å². The van der Waals surface area contributed by atoms with E-state index in [9.17, 15) is 9.18 Å². The number of hydrogen-bond acceptors (Lipinski definition) is 3. The summed E-state index contributed by atoms with van der Waals surface area (Å²) in [6, 6.07) is 7.10. The van der Waals surface area contributed by atoms with Gasteiger partial charge in [-0.25, -0.2) is 4.39 Å². The number of carbonyl (C=O) groups is 1. The van der Waals surface area contributed by atoms with Crippen LogP contribution in [-0.2, 0) is 9.53 Å². The molecule has 0 spiro atoms. The van der Waals surface area contributed by atoms with E-state index >= 15 is 0 Å². The Labute approximate surface area is 118 Å². The number of halogens is 1. The monoisotopic (exact) mass is 277 g/mol. The van der Waals surface area contributed by atoms with Gasteiger partial charge in [-0.05, 0) is 56.3 Å². The smallest absolute Gasteiger partial charge is 0.326 e. The second-order valence-corrected chi connectivity index (χ2v) is 6.01. The summed E-state index contributed by atoms with van der Waals surface area (Å²) in [6.07, 6.45) is 3.68. The van der Waals surface area contributed by atoms with Crippen molar-refractivity contribution in [3.05, 3.63) is 35.6 Å². The number of hydrogen-bond donors (Lipinski definition) is 0. The largest absolute Gasteiger partial charge is 0.468 e. The van der Waals surface area contributed by atoms with Gasteiger partial charge in [0.15, 0.2) is 0 Å². The topological polar surface area (TPSA) is 29.5 Å². The number of ether oxygens (including phenoxy) is 1. The molecule has 0 radical (unpaired) electrons. The lowest BCUT2D eigenvalue weighted by atomic mass is 9.78. The van der Waals surface area contributed by atoms with Crippen molar-refractivity contribution in [3.63, 3.8) is 0 Å². The molecule has 2 fully saturated rings. The highest BCUT2D eigenvalue weighted by Crippen LogP contribution is 2.49. The van der Waals surface area contributed by atoms with Crippen LogP contribution in [0.25, 0.3) is 0 Å². The van der Waals surface area contributed by atoms with Gasteiger partial charge in [0.05, 0.1) is 7.11 Å². The Balaban J connectivity index is 1.90. The maximum absolute atomic E-state index is 13.1. The normalized spacial score (nSPS) is 33.1. The highest BCUT2D eigenvalue weighted by atomic mass is 19.1. The molecule has 20 heavy (non-hydrogen) atoms. The van der Waals surface area contributed by atoms with E-state index in [2.05, 4.69) is 4.90 Å². The minimum absolute atomic E-state index is 0.130. The number of fused-ring (bicyclic) bond motifs is 2. The van der Waals surface area contributed by atoms with Crippen molar-refractivity contribution < 1.29 is 13.9 Å². The zero-order chi connectivity index (χ0) is 14.3. The molecule has 2 aliphatic heterocycles. The Morgan fingerprint density at radius 3 is 2.75 bits per heavy atom. The molecule has 0 aromatic heterocycles. The SMILES string of the molecule is COC(=O)[C@@]12CC[C@@H](C[C@H](c3ccc(F)cc3)C1)N2C. The molecule has 3 atom stereocenters. The van der Waals surface area contributed by atoms with Crippen LogP contribution >= 0.6 is 0 Å². The van der Waals surface area contributed by atoms with Crippen molar-refractivity contribution in [2.24, 2.45) is 0 Å². The third-order valence-electron chi connectivity index (χ3n) is 5.16. The van der Waals surface area contributed by atoms with Crippen molar-refractivity contribution in [1.29, 1.82) is 0 Å². The predicted molar refractivity (Wildman–Crippen MR) is 73.9 cm³/mol. The van der Waals surface area contributed by atoms with Crippen molar-refractivity contribution in [2.45, 2.75) is 43.2 Å². The molecule has 2 saturated heterocycles. The molecule has 0 N–H and O–H groups in total. The van der Waals surface area contributed by atoms with Crippen LogP contribution in [0.3, 0.4) is 0 Å². The Morgan fingerprint density at radius 2 is 2.10 bits per heavy atom. The zero-order valence-corrected chi connectivity index (χ0v) is 11.9. The van der Waals surface area contributed by atoms with Gasteiger partial charge in [0, 0.05) is 6.04 Å². The molecule has 3 rings (SSSR count). The number of benzene rings is 1. The van der Waals surface area contributed by atoms with Crippen LogP contribution in [-0.4, -0.2) is 36.6 Å². The number of likely N-dealkylation sites (N-methyl/N-ethyl adjacent to an activating group) is 1. The van der Waals surface area contributed by atoms with E-state index in [4.69, 9.17) is 4.74 Å². The zero-order valence-electron chi connectivity index (χ0n) is 11.9. The van der Waals surface area contributed by atoms with Crippen LogP contribution in [0.15, 0.2) is 24.3 Å². The first-order chi connectivity index (χ1) is 9.56. The van der Waals surface area contributed by atoms with Gasteiger partial charge in [-0.1, -0.05) is 12.1 Å². The van der Waals surface area contributed by atoms with E-state index in [0.29, 0.717) is 12.0 Å². The average Bonchev–Trinajstić information content (AvgIpc) is 2.66. The van der Waals surface area contributed by atoms with Crippen molar-refractivity contribution in [2.75, 3.05) is 14.2 Å². The first-order valence-corrected chi connectivity index (χ1v) is 7.13. The molecule has 0 aliphatic carbocycles. The highest BCUT2D eigenvalue weighted by Gasteiger charge is 2.55. The number of nitrogens with zero attached hydrogens (tertiary/aromatic N) is 1. The van der Waals surface area contributed by atoms with Crippen LogP contribution in [0.4, 0.5) is 4.39 Å². The van der Waals surface area contributed by atoms with E-state index < -0.39 is 5.54 Å². The Bertz CT molecular complexity index is 516. The van der Waals surface area contributed by atoms with Crippen LogP contribution in [0.2, 0.25) is 0 Å². The van der Waals surface area contributed by atoms with E-state index in [1.165, 1.54) is 19.2 Å². The van der Waals surface area contributed by atoms with Gasteiger partial charge in [0.25, 0.3) is 0 Å². The lowest BCUT2D eigenvalue weighted by Crippen LogP contribution is -2.55. The Hall–Kier alpha value is -1.42. The molecule has 0 unspecified atom stereocenters. The quantitative estimate of drug-likeness (QED) is 0.778. The standard InChI is InChI=1S/C16H20FNO2/c1-18-14-7-8-16(18,15(19)20-2)10-12(9-14)11-3-5-13(17)6-4-11/h3-6,12,14H,7-10H2,1-2H3/t12-,14-,16+/m0/s1. The summed E-state index contributed by atoms with van der Waals surface area (Å²) in [7, 11) is 3.48. The Morgan fingerprint density at radius 1 is 1.40 bits per heavy atom. The molecular formula is C16H20FNO2. The van der Waals surface area contributed by atoms with Gasteiger partial charge >= 0.3 is 5.97 Å². The number of esters is 1. The molecule has 3 nitrogen and oxygen atoms in total. The van der Waals surface area contributed by atoms with Gasteiger partial charge in [-0.15, -0.1) is 0 Å². The van der Waals surface area contributed by atoms with E-state index in [0.717, 1.165) is 31.2 Å². The van der Waals surface area contributed by atoms with Crippen molar-refractivity contribution >= 4 is 5.97 Å². The number of carbonyl (C=O) groups excluding carboxylic acids is 1. The fourth-order valence-corrected chi connectivity index (χ4v) is 3.97. The van der Waals surface area contributed by atoms with E-state index in [1.807, 2.05) is 19.2 Å². The molecule has 0 amide bonds. The molecular weight excluding hydrogens is 257 g/mol. The van der Waals surface area contributed by atoms with Gasteiger partial charge < -0.3 is 4.74 Å². The third kappa shape index (κ3) is 1.94. The fraction of sp³-hybridized carbons (Fsp3) is 0.562. The summed E-state index contributed by atoms with van der Waals surface area (Å²) >= 11 is 0. The molecule has 2 bridgehead atoms. The van der Waals surface area contributed by atoms with Crippen LogP contribution in [0.5, 0.6) is 0 Å². The average molecular weight is 277 g/mol. The minimum Gasteiger partial charge on any atom is -0.468 e. The maximum Gasteiger partial charge on any atom is 0.326 e. The van der Waals surface area contributed by atoms with Gasteiger partial charge in [-0.2, -0.15) is 0 Å². The summed E-state index contributed by atoms with van der Waals surface area (Å²) in [6.45, 7) is 0. The number of rotatable bonds is 2. The number of methoxy groups -OCH3 is 1. The molecule has 2 heterocycles. The summed E-state index contributed by atoms with van der Waals surface area (Å²) in [5, 5.41) is 0. The van der Waals surface area contributed by atoms with E-state index in [1.54, 1.807) is 0 Å². The van der Waals surface area contributed by atoms with Gasteiger partial charge in [0.1, 0.15) is 11.4 Å². The fourth-order valence-electron chi connectivity index (χ4n) is 3.97. The summed E-state index contributed by atoms with van der Waals surface area (Å²) < 4.78 is 18.1. The Kier molecular flexibility index (Phi) is 3.28. The van der Waals surface area contributed by atoms with Crippen LogP contribution < -0.4 is 0 Å². The minimum atomic E-state index is -0.489. The van der Waals surface area contributed by atoms with Crippen molar-refractivity contribution in [3.8, 4) is 0 Å². The third-order valence-corrected chi connectivity index (χ3v) is 5.16. The lowest BCUT2D eigenvalue weighted by Gasteiger charge is -2.43. The molecule has 1 aromatic carbocycles. The van der Waals surface area contributed by atoms with Gasteiger partial charge in [-0.3, -0.25) is 9.69 Å². The second-order valence-electron chi connectivity index (χ2n) is 6.01. The number of piperidine rings is 1. The van der Waals surface area contributed by atoms with Crippen molar-refractivity contribution in [1.82, 2.24) is 4.90 Å². The molecule has 4 heteroatoms. The summed E-state index contributed by atoms with van der Waals surface area (Å²) in [5.41, 5.74) is 0.635.